The third-order valence-corrected chi connectivity index (χ3v) is 6.27. The first-order chi connectivity index (χ1) is 12.6. The Hall–Kier alpha value is -2.58. The third-order valence-electron chi connectivity index (χ3n) is 4.50. The number of amides is 2. The summed E-state index contributed by atoms with van der Waals surface area (Å²) >= 11 is 3.20. The summed E-state index contributed by atoms with van der Waals surface area (Å²) < 4.78 is 0. The zero-order chi connectivity index (χ0) is 17.8. The topological polar surface area (TPSA) is 75.2 Å². The van der Waals surface area contributed by atoms with Gasteiger partial charge in [-0.05, 0) is 31.2 Å². The highest BCUT2D eigenvalue weighted by Gasteiger charge is 2.32. The molecule has 26 heavy (non-hydrogen) atoms. The van der Waals surface area contributed by atoms with Crippen molar-refractivity contribution in [3.05, 3.63) is 40.4 Å². The van der Waals surface area contributed by atoms with Gasteiger partial charge in [-0.3, -0.25) is 15.0 Å². The summed E-state index contributed by atoms with van der Waals surface area (Å²) in [5.41, 5.74) is 4.41. The number of nitrogens with one attached hydrogen (secondary N) is 1. The van der Waals surface area contributed by atoms with Crippen LogP contribution in [-0.2, 0) is 9.59 Å². The molecule has 0 saturated heterocycles. The van der Waals surface area contributed by atoms with Crippen LogP contribution in [0.2, 0.25) is 0 Å². The van der Waals surface area contributed by atoms with E-state index in [4.69, 9.17) is 4.98 Å². The van der Waals surface area contributed by atoms with Gasteiger partial charge in [-0.25, -0.2) is 9.97 Å². The van der Waals surface area contributed by atoms with Crippen molar-refractivity contribution >= 4 is 50.5 Å². The molecule has 3 aromatic heterocycles. The highest BCUT2D eigenvalue weighted by atomic mass is 32.1. The van der Waals surface area contributed by atoms with Crippen molar-refractivity contribution in [3.8, 4) is 10.4 Å². The minimum absolute atomic E-state index is 0.345. The monoisotopic (exact) mass is 382 g/mol. The molecule has 8 heteroatoms. The molecule has 3 aromatic rings. The summed E-state index contributed by atoms with van der Waals surface area (Å²) in [6.07, 6.45) is 3.50. The molecule has 0 atom stereocenters. The summed E-state index contributed by atoms with van der Waals surface area (Å²) in [6, 6.07) is 4.04. The first-order valence-electron chi connectivity index (χ1n) is 8.28. The van der Waals surface area contributed by atoms with Crippen LogP contribution in [0.15, 0.2) is 34.5 Å². The summed E-state index contributed by atoms with van der Waals surface area (Å²) in [5.74, 6) is 0.953. The number of fused-ring (bicyclic) bond motifs is 1. The zero-order valence-corrected chi connectivity index (χ0v) is 15.5. The Morgan fingerprint density at radius 2 is 2.08 bits per heavy atom. The lowest BCUT2D eigenvalue weighted by molar-refractivity contribution is -0.135. The fourth-order valence-electron chi connectivity index (χ4n) is 2.98. The zero-order valence-electron chi connectivity index (χ0n) is 13.9. The van der Waals surface area contributed by atoms with Crippen LogP contribution < -0.4 is 5.43 Å². The van der Waals surface area contributed by atoms with Crippen LogP contribution >= 0.6 is 22.7 Å². The van der Waals surface area contributed by atoms with Crippen LogP contribution in [0.4, 0.5) is 5.82 Å². The average molecular weight is 382 g/mol. The largest absolute Gasteiger partial charge is 0.275 e. The number of carbonyl (C=O) groups is 2. The van der Waals surface area contributed by atoms with Crippen molar-refractivity contribution in [1.29, 1.82) is 0 Å². The van der Waals surface area contributed by atoms with Gasteiger partial charge in [-0.1, -0.05) is 6.07 Å². The van der Waals surface area contributed by atoms with E-state index in [1.54, 1.807) is 29.6 Å². The second-order valence-electron chi connectivity index (χ2n) is 6.43. The van der Waals surface area contributed by atoms with Crippen LogP contribution in [0.3, 0.4) is 0 Å². The summed E-state index contributed by atoms with van der Waals surface area (Å²) in [7, 11) is 0. The van der Waals surface area contributed by atoms with Crippen LogP contribution in [0.25, 0.3) is 20.7 Å². The van der Waals surface area contributed by atoms with E-state index in [1.807, 2.05) is 17.5 Å². The van der Waals surface area contributed by atoms with Gasteiger partial charge in [0, 0.05) is 33.4 Å². The predicted octanol–water partition coefficient (Wildman–Crippen LogP) is 3.94. The van der Waals surface area contributed by atoms with Gasteiger partial charge < -0.3 is 0 Å². The molecule has 0 aromatic carbocycles. The number of rotatable bonds is 4. The van der Waals surface area contributed by atoms with Crippen molar-refractivity contribution in [2.75, 3.05) is 5.43 Å². The number of hydrogen-bond acceptors (Lipinski definition) is 7. The van der Waals surface area contributed by atoms with Crippen molar-refractivity contribution in [1.82, 2.24) is 15.0 Å². The van der Waals surface area contributed by atoms with Gasteiger partial charge in [0.1, 0.15) is 10.7 Å². The number of nitrogens with zero attached hydrogens (tertiary/aromatic N) is 3. The number of hydrogen-bond donors (Lipinski definition) is 1. The Morgan fingerprint density at radius 3 is 2.73 bits per heavy atom. The molecular weight excluding hydrogens is 368 g/mol. The van der Waals surface area contributed by atoms with Crippen molar-refractivity contribution in [2.45, 2.75) is 25.7 Å². The highest BCUT2D eigenvalue weighted by molar-refractivity contribution is 7.18. The van der Waals surface area contributed by atoms with E-state index in [0.717, 1.165) is 44.3 Å². The molecule has 0 radical (unpaired) electrons. The molecule has 1 N–H and O–H groups in total. The molecule has 0 unspecified atom stereocenters. The maximum absolute atomic E-state index is 12.3. The lowest BCUT2D eigenvalue weighted by atomic mass is 10.2. The van der Waals surface area contributed by atoms with E-state index < -0.39 is 0 Å². The number of hydrazine groups is 1. The van der Waals surface area contributed by atoms with E-state index in [9.17, 15) is 9.59 Å². The van der Waals surface area contributed by atoms with Gasteiger partial charge in [0.2, 0.25) is 0 Å². The number of carbonyl (C=O) groups excluding carboxylic acids is 2. The molecule has 130 valence electrons. The molecule has 0 bridgehead atoms. The average Bonchev–Trinajstić information content (AvgIpc) is 3.07. The number of anilines is 1. The van der Waals surface area contributed by atoms with Gasteiger partial charge in [-0.2, -0.15) is 5.01 Å². The lowest BCUT2D eigenvalue weighted by Gasteiger charge is -2.17. The predicted molar refractivity (Wildman–Crippen MR) is 102 cm³/mol. The van der Waals surface area contributed by atoms with Crippen LogP contribution in [0.5, 0.6) is 0 Å². The Balaban J connectivity index is 1.65. The molecule has 4 heterocycles. The molecule has 5 rings (SSSR count). The fourth-order valence-corrected chi connectivity index (χ4v) is 4.74. The van der Waals surface area contributed by atoms with Gasteiger partial charge >= 0.3 is 0 Å². The molecule has 1 aliphatic carbocycles. The summed E-state index contributed by atoms with van der Waals surface area (Å²) in [4.78, 5) is 35.8. The quantitative estimate of drug-likeness (QED) is 0.692. The van der Waals surface area contributed by atoms with Crippen LogP contribution in [-0.4, -0.2) is 26.8 Å². The van der Waals surface area contributed by atoms with E-state index in [0.29, 0.717) is 17.3 Å². The SMILES string of the molecule is CC1=CC(=O)N(Nc2nc(C3CC3)nc3scc(-c4cccs4)c23)C1=O. The molecule has 1 fully saturated rings. The normalized spacial score (nSPS) is 17.3. The van der Waals surface area contributed by atoms with Crippen molar-refractivity contribution in [2.24, 2.45) is 0 Å². The van der Waals surface area contributed by atoms with E-state index >= 15 is 0 Å². The molecule has 2 amide bonds. The number of imide groups is 1. The second kappa shape index (κ2) is 5.72. The summed E-state index contributed by atoms with van der Waals surface area (Å²) in [5, 5.41) is 5.96. The Labute approximate surface area is 157 Å². The van der Waals surface area contributed by atoms with Crippen molar-refractivity contribution < 1.29 is 9.59 Å². The highest BCUT2D eigenvalue weighted by Crippen LogP contribution is 2.43. The van der Waals surface area contributed by atoms with E-state index in [1.165, 1.54) is 6.08 Å². The van der Waals surface area contributed by atoms with E-state index in [-0.39, 0.29) is 11.8 Å². The second-order valence-corrected chi connectivity index (χ2v) is 8.24. The molecule has 1 saturated carbocycles. The van der Waals surface area contributed by atoms with Gasteiger partial charge in [0.25, 0.3) is 11.8 Å². The molecular formula is C18H14N4O2S2. The lowest BCUT2D eigenvalue weighted by Crippen LogP contribution is -2.36. The molecule has 0 spiro atoms. The van der Waals surface area contributed by atoms with Gasteiger partial charge in [0.05, 0.1) is 5.39 Å². The van der Waals surface area contributed by atoms with Gasteiger partial charge in [-0.15, -0.1) is 22.7 Å². The number of aromatic nitrogens is 2. The summed E-state index contributed by atoms with van der Waals surface area (Å²) in [6.45, 7) is 1.63. The maximum atomic E-state index is 12.3. The Kier molecular flexibility index (Phi) is 3.44. The number of thiophene rings is 2. The maximum Gasteiger partial charge on any atom is 0.275 e. The van der Waals surface area contributed by atoms with Gasteiger partial charge in [0.15, 0.2) is 5.82 Å². The Bertz CT molecular complexity index is 1080. The Morgan fingerprint density at radius 1 is 1.23 bits per heavy atom. The minimum Gasteiger partial charge on any atom is -0.271 e. The molecule has 1 aliphatic heterocycles. The van der Waals surface area contributed by atoms with Crippen LogP contribution in [0, 0.1) is 0 Å². The molecule has 2 aliphatic rings. The standard InChI is InChI=1S/C18H14N4O2S2/c1-9-7-13(23)22(18(9)24)21-16-14-11(12-3-2-6-25-12)8-26-17(14)20-15(19-16)10-4-5-10/h2-3,6-8,10H,4-5H2,1H3,(H,19,20,21). The van der Waals surface area contributed by atoms with Crippen molar-refractivity contribution in [3.63, 3.8) is 0 Å². The fraction of sp³-hybridized carbons (Fsp3) is 0.222. The smallest absolute Gasteiger partial charge is 0.271 e. The molecule has 6 nitrogen and oxygen atoms in total. The third kappa shape index (κ3) is 2.45. The first kappa shape index (κ1) is 15.7. The van der Waals surface area contributed by atoms with E-state index in [2.05, 4.69) is 15.8 Å². The minimum atomic E-state index is -0.375. The first-order valence-corrected chi connectivity index (χ1v) is 10.0. The van der Waals surface area contributed by atoms with Crippen LogP contribution in [0.1, 0.15) is 31.5 Å².